The van der Waals surface area contributed by atoms with Gasteiger partial charge in [0.15, 0.2) is 0 Å². The number of rotatable bonds is 16. The lowest BCUT2D eigenvalue weighted by Gasteiger charge is -2.06. The molecule has 0 saturated heterocycles. The minimum atomic E-state index is 0.917. The van der Waals surface area contributed by atoms with E-state index in [1.165, 1.54) is 68.9 Å². The zero-order chi connectivity index (χ0) is 18.8. The second-order valence-corrected chi connectivity index (χ2v) is 7.34. The van der Waals surface area contributed by atoms with Crippen LogP contribution in [0.5, 0.6) is 0 Å². The van der Waals surface area contributed by atoms with E-state index in [4.69, 9.17) is 4.74 Å². The Morgan fingerprint density at radius 2 is 1.11 bits per heavy atom. The predicted octanol–water partition coefficient (Wildman–Crippen LogP) is 6.16. The van der Waals surface area contributed by atoms with E-state index in [0.717, 1.165) is 26.3 Å². The number of benzene rings is 2. The summed E-state index contributed by atoms with van der Waals surface area (Å²) in [5, 5.41) is 3.53. The molecule has 0 heterocycles. The van der Waals surface area contributed by atoms with Crippen LogP contribution in [0.2, 0.25) is 0 Å². The largest absolute Gasteiger partial charge is 0.381 e. The van der Waals surface area contributed by atoms with Gasteiger partial charge < -0.3 is 10.1 Å². The van der Waals surface area contributed by atoms with Gasteiger partial charge in [-0.1, -0.05) is 86.3 Å². The molecule has 0 aliphatic rings. The molecule has 148 valence electrons. The molecule has 0 fully saturated rings. The lowest BCUT2D eigenvalue weighted by molar-refractivity contribution is 0.126. The fourth-order valence-electron chi connectivity index (χ4n) is 3.27. The average molecular weight is 368 g/mol. The standard InChI is InChI=1S/C25H37NO/c1(3-12-20-26-23-25-18-9-6-10-19-25)2-4-13-21-27-22-14-11-17-24-15-7-5-8-16-24/h5-10,15-16,18-19,26H,1-4,11-14,17,20-23H2. The maximum absolute atomic E-state index is 5.76. The maximum Gasteiger partial charge on any atom is 0.0466 e. The molecule has 2 nitrogen and oxygen atoms in total. The van der Waals surface area contributed by atoms with Crippen LogP contribution in [0, 0.1) is 0 Å². The fraction of sp³-hybridized carbons (Fsp3) is 0.520. The first kappa shape index (κ1) is 21.7. The Morgan fingerprint density at radius 1 is 0.556 bits per heavy atom. The van der Waals surface area contributed by atoms with E-state index < -0.39 is 0 Å². The average Bonchev–Trinajstić information content (AvgIpc) is 2.72. The molecular weight excluding hydrogens is 330 g/mol. The molecule has 0 aromatic heterocycles. The molecule has 0 spiro atoms. The van der Waals surface area contributed by atoms with E-state index in [-0.39, 0.29) is 0 Å². The van der Waals surface area contributed by atoms with Crippen LogP contribution < -0.4 is 5.32 Å². The van der Waals surface area contributed by atoms with E-state index >= 15 is 0 Å². The number of unbranched alkanes of at least 4 members (excludes halogenated alkanes) is 6. The summed E-state index contributed by atoms with van der Waals surface area (Å²) in [6.45, 7) is 3.97. The molecule has 27 heavy (non-hydrogen) atoms. The van der Waals surface area contributed by atoms with Crippen LogP contribution in [-0.2, 0) is 17.7 Å². The van der Waals surface area contributed by atoms with E-state index in [0.29, 0.717) is 0 Å². The van der Waals surface area contributed by atoms with Crippen LogP contribution in [-0.4, -0.2) is 19.8 Å². The SMILES string of the molecule is c1ccc(CCCCOCCCCCCCCNCc2ccccc2)cc1. The third kappa shape index (κ3) is 11.6. The molecule has 2 aromatic rings. The number of ether oxygens (including phenoxy) is 1. The summed E-state index contributed by atoms with van der Waals surface area (Å²) in [6, 6.07) is 21.4. The first-order valence-corrected chi connectivity index (χ1v) is 10.8. The smallest absolute Gasteiger partial charge is 0.0466 e. The quantitative estimate of drug-likeness (QED) is 0.359. The van der Waals surface area contributed by atoms with Gasteiger partial charge in [0.1, 0.15) is 0 Å². The molecule has 0 bridgehead atoms. The molecule has 2 aromatic carbocycles. The second kappa shape index (κ2) is 15.4. The van der Waals surface area contributed by atoms with E-state index in [9.17, 15) is 0 Å². The van der Waals surface area contributed by atoms with Gasteiger partial charge >= 0.3 is 0 Å². The monoisotopic (exact) mass is 367 g/mol. The summed E-state index contributed by atoms with van der Waals surface area (Å²) >= 11 is 0. The van der Waals surface area contributed by atoms with Gasteiger partial charge in [0, 0.05) is 19.8 Å². The highest BCUT2D eigenvalue weighted by Crippen LogP contribution is 2.07. The van der Waals surface area contributed by atoms with Crippen molar-refractivity contribution in [3.63, 3.8) is 0 Å². The topological polar surface area (TPSA) is 21.3 Å². The maximum atomic E-state index is 5.76. The molecule has 2 heteroatoms. The summed E-state index contributed by atoms with van der Waals surface area (Å²) in [6.07, 6.45) is 11.4. The van der Waals surface area contributed by atoms with E-state index in [1.807, 2.05) is 0 Å². The molecule has 0 amide bonds. The van der Waals surface area contributed by atoms with E-state index in [1.54, 1.807) is 0 Å². The molecule has 0 radical (unpaired) electrons. The third-order valence-corrected chi connectivity index (χ3v) is 4.91. The highest BCUT2D eigenvalue weighted by Gasteiger charge is 1.95. The van der Waals surface area contributed by atoms with Gasteiger partial charge in [0.05, 0.1) is 0 Å². The van der Waals surface area contributed by atoms with Gasteiger partial charge in [0.2, 0.25) is 0 Å². The third-order valence-electron chi connectivity index (χ3n) is 4.91. The molecule has 0 aliphatic carbocycles. The summed E-state index contributed by atoms with van der Waals surface area (Å²) in [7, 11) is 0. The van der Waals surface area contributed by atoms with Gasteiger partial charge in [-0.05, 0) is 49.8 Å². The van der Waals surface area contributed by atoms with Crippen molar-refractivity contribution in [1.29, 1.82) is 0 Å². The molecule has 0 atom stereocenters. The normalized spacial score (nSPS) is 11.0. The van der Waals surface area contributed by atoms with Gasteiger partial charge in [-0.15, -0.1) is 0 Å². The van der Waals surface area contributed by atoms with Crippen LogP contribution in [0.25, 0.3) is 0 Å². The first-order valence-electron chi connectivity index (χ1n) is 10.8. The van der Waals surface area contributed by atoms with Crippen LogP contribution in [0.15, 0.2) is 60.7 Å². The molecule has 0 saturated carbocycles. The van der Waals surface area contributed by atoms with Gasteiger partial charge in [-0.3, -0.25) is 0 Å². The molecule has 1 N–H and O–H groups in total. The van der Waals surface area contributed by atoms with Crippen LogP contribution in [0.4, 0.5) is 0 Å². The Bertz CT molecular complexity index is 504. The Labute approximate surface area is 166 Å². The number of hydrogen-bond acceptors (Lipinski definition) is 2. The lowest BCUT2D eigenvalue weighted by atomic mass is 10.1. The Balaban J connectivity index is 1.26. The lowest BCUT2D eigenvalue weighted by Crippen LogP contribution is -2.14. The Hall–Kier alpha value is -1.64. The van der Waals surface area contributed by atoms with Crippen molar-refractivity contribution in [3.8, 4) is 0 Å². The minimum absolute atomic E-state index is 0.917. The Kier molecular flexibility index (Phi) is 12.4. The van der Waals surface area contributed by atoms with Crippen LogP contribution in [0.1, 0.15) is 62.5 Å². The summed E-state index contributed by atoms with van der Waals surface area (Å²) in [5.74, 6) is 0. The minimum Gasteiger partial charge on any atom is -0.381 e. The molecule has 0 aliphatic heterocycles. The molecule has 2 rings (SSSR count). The summed E-state index contributed by atoms with van der Waals surface area (Å²) in [4.78, 5) is 0. The van der Waals surface area contributed by atoms with Crippen LogP contribution >= 0.6 is 0 Å². The number of nitrogens with one attached hydrogen (secondary N) is 1. The highest BCUT2D eigenvalue weighted by atomic mass is 16.5. The number of hydrogen-bond donors (Lipinski definition) is 1. The van der Waals surface area contributed by atoms with Crippen molar-refractivity contribution in [2.45, 2.75) is 64.3 Å². The zero-order valence-electron chi connectivity index (χ0n) is 16.9. The highest BCUT2D eigenvalue weighted by molar-refractivity contribution is 5.15. The number of aryl methyl sites for hydroxylation is 1. The van der Waals surface area contributed by atoms with Gasteiger partial charge in [-0.25, -0.2) is 0 Å². The van der Waals surface area contributed by atoms with Gasteiger partial charge in [0.25, 0.3) is 0 Å². The van der Waals surface area contributed by atoms with Crippen molar-refractivity contribution in [1.82, 2.24) is 5.32 Å². The second-order valence-electron chi connectivity index (χ2n) is 7.34. The van der Waals surface area contributed by atoms with E-state index in [2.05, 4.69) is 66.0 Å². The van der Waals surface area contributed by atoms with Crippen molar-refractivity contribution in [2.24, 2.45) is 0 Å². The Morgan fingerprint density at radius 3 is 1.81 bits per heavy atom. The van der Waals surface area contributed by atoms with Crippen molar-refractivity contribution in [3.05, 3.63) is 71.8 Å². The van der Waals surface area contributed by atoms with Crippen molar-refractivity contribution < 1.29 is 4.74 Å². The first-order chi connectivity index (χ1) is 13.4. The molecular formula is C25H37NO. The fourth-order valence-corrected chi connectivity index (χ4v) is 3.27. The van der Waals surface area contributed by atoms with Crippen molar-refractivity contribution in [2.75, 3.05) is 19.8 Å². The predicted molar refractivity (Wildman–Crippen MR) is 116 cm³/mol. The van der Waals surface area contributed by atoms with Crippen molar-refractivity contribution >= 4 is 0 Å². The zero-order valence-corrected chi connectivity index (χ0v) is 16.9. The summed E-state index contributed by atoms with van der Waals surface area (Å²) in [5.41, 5.74) is 2.81. The van der Waals surface area contributed by atoms with Gasteiger partial charge in [-0.2, -0.15) is 0 Å². The molecule has 0 unspecified atom stereocenters. The van der Waals surface area contributed by atoms with Crippen LogP contribution in [0.3, 0.4) is 0 Å². The summed E-state index contributed by atoms with van der Waals surface area (Å²) < 4.78 is 5.76.